The van der Waals surface area contributed by atoms with Crippen LogP contribution in [0.1, 0.15) is 29.9 Å². The summed E-state index contributed by atoms with van der Waals surface area (Å²) < 4.78 is 0. The van der Waals surface area contributed by atoms with Crippen LogP contribution in [0.15, 0.2) is 60.7 Å². The van der Waals surface area contributed by atoms with Gasteiger partial charge in [-0.1, -0.05) is 67.6 Å². The van der Waals surface area contributed by atoms with Crippen molar-refractivity contribution in [3.8, 4) is 0 Å². The molecule has 3 atom stereocenters. The molecule has 0 aliphatic heterocycles. The van der Waals surface area contributed by atoms with Crippen molar-refractivity contribution in [1.29, 1.82) is 0 Å². The van der Waals surface area contributed by atoms with Crippen LogP contribution in [0.4, 0.5) is 0 Å². The van der Waals surface area contributed by atoms with Crippen LogP contribution >= 0.6 is 0 Å². The molecule has 0 saturated heterocycles. The number of benzene rings is 2. The highest BCUT2D eigenvalue weighted by atomic mass is 16.3. The van der Waals surface area contributed by atoms with Gasteiger partial charge in [0.05, 0.1) is 0 Å². The molecule has 1 N–H and O–H groups in total. The van der Waals surface area contributed by atoms with Crippen molar-refractivity contribution in [1.82, 2.24) is 0 Å². The molecule has 0 radical (unpaired) electrons. The number of hydrogen-bond acceptors (Lipinski definition) is 1. The average molecular weight is 238 g/mol. The first-order valence-electron chi connectivity index (χ1n) is 6.48. The molecule has 1 aliphatic rings. The van der Waals surface area contributed by atoms with E-state index in [1.165, 1.54) is 11.1 Å². The maximum absolute atomic E-state index is 9.73. The van der Waals surface area contributed by atoms with Gasteiger partial charge in [-0.25, -0.2) is 0 Å². The van der Waals surface area contributed by atoms with E-state index >= 15 is 0 Å². The lowest BCUT2D eigenvalue weighted by Crippen LogP contribution is -2.05. The smallest absolute Gasteiger partial charge is 0.0496 e. The van der Waals surface area contributed by atoms with Gasteiger partial charge in [0, 0.05) is 12.0 Å². The van der Waals surface area contributed by atoms with Crippen LogP contribution in [-0.2, 0) is 0 Å². The fraction of sp³-hybridized carbons (Fsp3) is 0.294. The first-order chi connectivity index (χ1) is 8.77. The van der Waals surface area contributed by atoms with E-state index in [9.17, 15) is 5.11 Å². The quantitative estimate of drug-likeness (QED) is 0.866. The molecule has 1 unspecified atom stereocenters. The third kappa shape index (κ3) is 1.67. The third-order valence-corrected chi connectivity index (χ3v) is 4.30. The van der Waals surface area contributed by atoms with Crippen molar-refractivity contribution >= 4 is 0 Å². The Morgan fingerprint density at radius 3 is 1.56 bits per heavy atom. The number of aliphatic hydroxyl groups excluding tert-OH is 1. The van der Waals surface area contributed by atoms with Crippen LogP contribution < -0.4 is 0 Å². The Morgan fingerprint density at radius 2 is 1.22 bits per heavy atom. The van der Waals surface area contributed by atoms with Gasteiger partial charge >= 0.3 is 0 Å². The van der Waals surface area contributed by atoms with Gasteiger partial charge < -0.3 is 5.11 Å². The van der Waals surface area contributed by atoms with Gasteiger partial charge in [-0.15, -0.1) is 0 Å². The van der Waals surface area contributed by atoms with Gasteiger partial charge in [0.15, 0.2) is 0 Å². The number of aliphatic hydroxyl groups is 1. The first-order valence-corrected chi connectivity index (χ1v) is 6.48. The molecular formula is C17H18O. The van der Waals surface area contributed by atoms with Crippen molar-refractivity contribution in [2.24, 2.45) is 5.41 Å². The Morgan fingerprint density at radius 1 is 0.833 bits per heavy atom. The summed E-state index contributed by atoms with van der Waals surface area (Å²) in [4.78, 5) is 0. The Hall–Kier alpha value is -1.60. The van der Waals surface area contributed by atoms with Gasteiger partial charge in [0.2, 0.25) is 0 Å². The zero-order valence-corrected chi connectivity index (χ0v) is 10.6. The molecule has 0 bridgehead atoms. The van der Waals surface area contributed by atoms with Gasteiger partial charge in [0.1, 0.15) is 0 Å². The van der Waals surface area contributed by atoms with Crippen LogP contribution in [0.5, 0.6) is 0 Å². The van der Waals surface area contributed by atoms with Crippen molar-refractivity contribution in [3.63, 3.8) is 0 Å². The molecule has 3 rings (SSSR count). The second-order valence-electron chi connectivity index (χ2n) is 5.44. The molecule has 0 spiro atoms. The van der Waals surface area contributed by atoms with Crippen LogP contribution in [0.2, 0.25) is 0 Å². The first kappa shape index (κ1) is 11.5. The molecule has 1 fully saturated rings. The summed E-state index contributed by atoms with van der Waals surface area (Å²) in [5.41, 5.74) is 2.66. The lowest BCUT2D eigenvalue weighted by molar-refractivity contribution is 0.216. The van der Waals surface area contributed by atoms with E-state index in [0.29, 0.717) is 11.8 Å². The Labute approximate surface area is 108 Å². The predicted molar refractivity (Wildman–Crippen MR) is 73.6 cm³/mol. The van der Waals surface area contributed by atoms with E-state index in [1.54, 1.807) is 0 Å². The molecular weight excluding hydrogens is 220 g/mol. The van der Waals surface area contributed by atoms with Crippen LogP contribution in [0.25, 0.3) is 0 Å². The van der Waals surface area contributed by atoms with Crippen molar-refractivity contribution in [2.75, 3.05) is 6.61 Å². The van der Waals surface area contributed by atoms with Gasteiger partial charge in [-0.2, -0.15) is 0 Å². The number of rotatable bonds is 3. The topological polar surface area (TPSA) is 20.2 Å². The second-order valence-corrected chi connectivity index (χ2v) is 5.44. The zero-order valence-electron chi connectivity index (χ0n) is 10.6. The van der Waals surface area contributed by atoms with E-state index in [0.717, 1.165) is 0 Å². The Kier molecular flexibility index (Phi) is 2.71. The van der Waals surface area contributed by atoms with E-state index < -0.39 is 0 Å². The van der Waals surface area contributed by atoms with E-state index in [1.807, 2.05) is 12.1 Å². The number of hydrogen-bond donors (Lipinski definition) is 1. The summed E-state index contributed by atoms with van der Waals surface area (Å²) >= 11 is 0. The molecule has 92 valence electrons. The summed E-state index contributed by atoms with van der Waals surface area (Å²) in [5, 5.41) is 9.73. The molecule has 0 heterocycles. The molecule has 1 aliphatic carbocycles. The summed E-state index contributed by atoms with van der Waals surface area (Å²) in [7, 11) is 0. The SMILES string of the molecule is CC1(CO)[C@H](c2ccccc2)[C@@H]1c1ccccc1. The maximum atomic E-state index is 9.73. The minimum atomic E-state index is -0.0112. The van der Waals surface area contributed by atoms with E-state index in [2.05, 4.69) is 55.5 Å². The molecule has 1 saturated carbocycles. The highest BCUT2D eigenvalue weighted by Crippen LogP contribution is 2.69. The minimum absolute atomic E-state index is 0.0112. The van der Waals surface area contributed by atoms with Crippen LogP contribution in [0.3, 0.4) is 0 Å². The summed E-state index contributed by atoms with van der Waals surface area (Å²) in [6.07, 6.45) is 0. The van der Waals surface area contributed by atoms with Crippen LogP contribution in [-0.4, -0.2) is 11.7 Å². The van der Waals surface area contributed by atoms with Gasteiger partial charge in [0.25, 0.3) is 0 Å². The average Bonchev–Trinajstić information content (AvgIpc) is 3.08. The molecule has 18 heavy (non-hydrogen) atoms. The molecule has 2 aromatic rings. The van der Waals surface area contributed by atoms with E-state index in [-0.39, 0.29) is 12.0 Å². The van der Waals surface area contributed by atoms with Crippen LogP contribution in [0, 0.1) is 5.41 Å². The molecule has 2 aromatic carbocycles. The fourth-order valence-corrected chi connectivity index (χ4v) is 3.23. The summed E-state index contributed by atoms with van der Waals surface area (Å²) in [5.74, 6) is 0.872. The van der Waals surface area contributed by atoms with Crippen molar-refractivity contribution in [2.45, 2.75) is 18.8 Å². The largest absolute Gasteiger partial charge is 0.396 e. The predicted octanol–water partition coefficient (Wildman–Crippen LogP) is 3.57. The summed E-state index contributed by atoms with van der Waals surface area (Å²) in [6, 6.07) is 21.1. The lowest BCUT2D eigenvalue weighted by atomic mass is 10.0. The zero-order chi connectivity index (χ0) is 12.6. The normalized spacial score (nSPS) is 30.1. The fourth-order valence-electron chi connectivity index (χ4n) is 3.23. The maximum Gasteiger partial charge on any atom is 0.0496 e. The Bertz CT molecular complexity index is 472. The van der Waals surface area contributed by atoms with Gasteiger partial charge in [-0.05, 0) is 23.0 Å². The highest BCUT2D eigenvalue weighted by Gasteiger charge is 2.61. The van der Waals surface area contributed by atoms with E-state index in [4.69, 9.17) is 0 Å². The molecule has 1 heteroatoms. The Balaban J connectivity index is 1.97. The molecule has 1 nitrogen and oxygen atoms in total. The standard InChI is InChI=1S/C17H18O/c1-17(12-18)15(13-8-4-2-5-9-13)16(17)14-10-6-3-7-11-14/h2-11,15-16,18H,12H2,1H3/t15-,16+,17?. The van der Waals surface area contributed by atoms with Crippen molar-refractivity contribution < 1.29 is 5.11 Å². The highest BCUT2D eigenvalue weighted by molar-refractivity contribution is 5.42. The summed E-state index contributed by atoms with van der Waals surface area (Å²) in [6.45, 7) is 2.43. The minimum Gasteiger partial charge on any atom is -0.396 e. The molecule has 0 aromatic heterocycles. The monoisotopic (exact) mass is 238 g/mol. The van der Waals surface area contributed by atoms with Crippen molar-refractivity contribution in [3.05, 3.63) is 71.8 Å². The van der Waals surface area contributed by atoms with Gasteiger partial charge in [-0.3, -0.25) is 0 Å². The third-order valence-electron chi connectivity index (χ3n) is 4.30. The molecule has 0 amide bonds. The lowest BCUT2D eigenvalue weighted by Gasteiger charge is -2.06. The second kappa shape index (κ2) is 4.25.